The normalized spacial score (nSPS) is 18.7. The SMILES string of the molecule is CN=C(NCc1ccccc1-n1ccnc1)NC1CCN(CC(F)(F)F)C1. The van der Waals surface area contributed by atoms with Crippen molar-refractivity contribution in [2.24, 2.45) is 4.99 Å². The monoisotopic (exact) mass is 380 g/mol. The van der Waals surface area contributed by atoms with Crippen LogP contribution in [0.15, 0.2) is 48.0 Å². The number of hydrogen-bond donors (Lipinski definition) is 2. The van der Waals surface area contributed by atoms with Crippen LogP contribution in [0, 0.1) is 0 Å². The minimum absolute atomic E-state index is 0.0533. The van der Waals surface area contributed by atoms with E-state index in [1.54, 1.807) is 19.6 Å². The lowest BCUT2D eigenvalue weighted by atomic mass is 10.1. The first-order valence-corrected chi connectivity index (χ1v) is 8.77. The summed E-state index contributed by atoms with van der Waals surface area (Å²) < 4.78 is 39.5. The summed E-state index contributed by atoms with van der Waals surface area (Å²) in [5.41, 5.74) is 2.07. The van der Waals surface area contributed by atoms with E-state index in [-0.39, 0.29) is 6.04 Å². The fourth-order valence-corrected chi connectivity index (χ4v) is 3.23. The summed E-state index contributed by atoms with van der Waals surface area (Å²) in [5.74, 6) is 0.578. The van der Waals surface area contributed by atoms with Crippen molar-refractivity contribution >= 4 is 5.96 Å². The molecule has 1 aromatic heterocycles. The summed E-state index contributed by atoms with van der Waals surface area (Å²) in [5, 5.41) is 6.46. The van der Waals surface area contributed by atoms with Gasteiger partial charge in [0.25, 0.3) is 0 Å². The molecular weight excluding hydrogens is 357 g/mol. The molecular formula is C18H23F3N6. The molecule has 1 saturated heterocycles. The topological polar surface area (TPSA) is 57.5 Å². The molecule has 0 amide bonds. The summed E-state index contributed by atoms with van der Waals surface area (Å²) >= 11 is 0. The highest BCUT2D eigenvalue weighted by atomic mass is 19.4. The van der Waals surface area contributed by atoms with Gasteiger partial charge in [0.2, 0.25) is 0 Å². The zero-order chi connectivity index (χ0) is 19.3. The van der Waals surface area contributed by atoms with Crippen LogP contribution in [0.25, 0.3) is 5.69 Å². The average molecular weight is 380 g/mol. The van der Waals surface area contributed by atoms with Crippen molar-refractivity contribution in [3.05, 3.63) is 48.5 Å². The molecule has 0 aliphatic carbocycles. The quantitative estimate of drug-likeness (QED) is 0.617. The molecule has 9 heteroatoms. The number of para-hydroxylation sites is 1. The minimum Gasteiger partial charge on any atom is -0.352 e. The summed E-state index contributed by atoms with van der Waals surface area (Å²) in [6, 6.07) is 7.87. The second-order valence-corrected chi connectivity index (χ2v) is 6.50. The van der Waals surface area contributed by atoms with Crippen LogP contribution in [0.4, 0.5) is 13.2 Å². The summed E-state index contributed by atoms with van der Waals surface area (Å²) in [4.78, 5) is 9.68. The first-order valence-electron chi connectivity index (χ1n) is 8.77. The number of imidazole rings is 1. The lowest BCUT2D eigenvalue weighted by molar-refractivity contribution is -0.143. The van der Waals surface area contributed by atoms with Crippen molar-refractivity contribution in [2.75, 3.05) is 26.7 Å². The van der Waals surface area contributed by atoms with E-state index in [2.05, 4.69) is 20.6 Å². The van der Waals surface area contributed by atoms with Gasteiger partial charge >= 0.3 is 6.18 Å². The number of nitrogens with zero attached hydrogens (tertiary/aromatic N) is 4. The molecule has 146 valence electrons. The molecule has 1 aliphatic rings. The molecule has 1 aromatic carbocycles. The molecule has 0 spiro atoms. The minimum atomic E-state index is -4.16. The van der Waals surface area contributed by atoms with E-state index in [1.165, 1.54) is 4.90 Å². The van der Waals surface area contributed by atoms with E-state index < -0.39 is 12.7 Å². The number of benzene rings is 1. The smallest absolute Gasteiger partial charge is 0.352 e. The molecule has 0 radical (unpaired) electrons. The van der Waals surface area contributed by atoms with Crippen LogP contribution in [0.1, 0.15) is 12.0 Å². The number of likely N-dealkylation sites (tertiary alicyclic amines) is 1. The molecule has 6 nitrogen and oxygen atoms in total. The van der Waals surface area contributed by atoms with E-state index >= 15 is 0 Å². The molecule has 2 heterocycles. The fraction of sp³-hybridized carbons (Fsp3) is 0.444. The van der Waals surface area contributed by atoms with E-state index in [1.807, 2.05) is 35.0 Å². The van der Waals surface area contributed by atoms with Crippen molar-refractivity contribution in [2.45, 2.75) is 25.2 Å². The second-order valence-electron chi connectivity index (χ2n) is 6.50. The molecule has 1 atom stereocenters. The van der Waals surface area contributed by atoms with Crippen molar-refractivity contribution in [1.29, 1.82) is 0 Å². The number of hydrogen-bond acceptors (Lipinski definition) is 3. The molecule has 0 bridgehead atoms. The van der Waals surface area contributed by atoms with Gasteiger partial charge in [-0.1, -0.05) is 18.2 Å². The Morgan fingerprint density at radius 2 is 2.15 bits per heavy atom. The molecule has 1 fully saturated rings. The van der Waals surface area contributed by atoms with Crippen LogP contribution < -0.4 is 10.6 Å². The average Bonchev–Trinajstić information content (AvgIpc) is 3.29. The Labute approximate surface area is 156 Å². The highest BCUT2D eigenvalue weighted by Gasteiger charge is 2.34. The number of alkyl halides is 3. The number of aliphatic imine (C=N–C) groups is 1. The number of halogens is 3. The molecule has 27 heavy (non-hydrogen) atoms. The first-order chi connectivity index (χ1) is 12.9. The number of aromatic nitrogens is 2. The Kier molecular flexibility index (Phi) is 6.00. The van der Waals surface area contributed by atoms with Gasteiger partial charge in [0, 0.05) is 45.1 Å². The van der Waals surface area contributed by atoms with Gasteiger partial charge in [-0.3, -0.25) is 9.89 Å². The Hall–Kier alpha value is -2.55. The molecule has 1 aliphatic heterocycles. The zero-order valence-electron chi connectivity index (χ0n) is 15.1. The Morgan fingerprint density at radius 3 is 2.85 bits per heavy atom. The van der Waals surface area contributed by atoms with Crippen LogP contribution in [0.5, 0.6) is 0 Å². The van der Waals surface area contributed by atoms with Crippen LogP contribution >= 0.6 is 0 Å². The third-order valence-corrected chi connectivity index (χ3v) is 4.46. The van der Waals surface area contributed by atoms with Crippen LogP contribution in [0.2, 0.25) is 0 Å². The molecule has 0 saturated carbocycles. The van der Waals surface area contributed by atoms with Crippen molar-refractivity contribution in [3.8, 4) is 5.69 Å². The lowest BCUT2D eigenvalue weighted by Gasteiger charge is -2.20. The largest absolute Gasteiger partial charge is 0.401 e. The third kappa shape index (κ3) is 5.46. The predicted molar refractivity (Wildman–Crippen MR) is 97.8 cm³/mol. The van der Waals surface area contributed by atoms with E-state index in [4.69, 9.17) is 0 Å². The van der Waals surface area contributed by atoms with Crippen molar-refractivity contribution < 1.29 is 13.2 Å². The van der Waals surface area contributed by atoms with Gasteiger partial charge in [-0.2, -0.15) is 13.2 Å². The van der Waals surface area contributed by atoms with E-state index in [0.29, 0.717) is 32.0 Å². The maximum atomic E-state index is 12.5. The van der Waals surface area contributed by atoms with Crippen molar-refractivity contribution in [1.82, 2.24) is 25.1 Å². The highest BCUT2D eigenvalue weighted by molar-refractivity contribution is 5.80. The van der Waals surface area contributed by atoms with Gasteiger partial charge in [-0.15, -0.1) is 0 Å². The van der Waals surface area contributed by atoms with Gasteiger partial charge in [-0.25, -0.2) is 4.98 Å². The van der Waals surface area contributed by atoms with Crippen LogP contribution in [-0.2, 0) is 6.54 Å². The lowest BCUT2D eigenvalue weighted by Crippen LogP contribution is -2.45. The Bertz CT molecular complexity index is 757. The van der Waals surface area contributed by atoms with Gasteiger partial charge in [0.15, 0.2) is 5.96 Å². The van der Waals surface area contributed by atoms with E-state index in [9.17, 15) is 13.2 Å². The number of rotatable bonds is 5. The first kappa shape index (κ1) is 19.2. The second kappa shape index (κ2) is 8.43. The van der Waals surface area contributed by atoms with Gasteiger partial charge in [0.1, 0.15) is 0 Å². The maximum Gasteiger partial charge on any atom is 0.401 e. The fourth-order valence-electron chi connectivity index (χ4n) is 3.23. The third-order valence-electron chi connectivity index (χ3n) is 4.46. The molecule has 2 aromatic rings. The van der Waals surface area contributed by atoms with Gasteiger partial charge in [0.05, 0.1) is 18.6 Å². The predicted octanol–water partition coefficient (Wildman–Crippen LogP) is 2.17. The summed E-state index contributed by atoms with van der Waals surface area (Å²) in [6.45, 7) is 0.450. The Balaban J connectivity index is 1.55. The summed E-state index contributed by atoms with van der Waals surface area (Å²) in [6.07, 6.45) is 1.82. The molecule has 2 N–H and O–H groups in total. The summed E-state index contributed by atoms with van der Waals surface area (Å²) in [7, 11) is 1.65. The van der Waals surface area contributed by atoms with Gasteiger partial charge < -0.3 is 15.2 Å². The zero-order valence-corrected chi connectivity index (χ0v) is 15.1. The Morgan fingerprint density at radius 1 is 1.33 bits per heavy atom. The standard InChI is InChI=1S/C18H23F3N6/c1-22-17(25-15-6-8-26(11-15)12-18(19,20)21)24-10-14-4-2-3-5-16(14)27-9-7-23-13-27/h2-5,7,9,13,15H,6,8,10-12H2,1H3,(H2,22,24,25). The maximum absolute atomic E-state index is 12.5. The van der Waals surface area contributed by atoms with Crippen molar-refractivity contribution in [3.63, 3.8) is 0 Å². The molecule has 3 rings (SSSR count). The highest BCUT2D eigenvalue weighted by Crippen LogP contribution is 2.20. The van der Waals surface area contributed by atoms with Crippen LogP contribution in [-0.4, -0.2) is 59.3 Å². The molecule has 1 unspecified atom stereocenters. The van der Waals surface area contributed by atoms with Crippen LogP contribution in [0.3, 0.4) is 0 Å². The number of guanidine groups is 1. The van der Waals surface area contributed by atoms with Gasteiger partial charge in [-0.05, 0) is 18.1 Å². The number of nitrogens with one attached hydrogen (secondary N) is 2. The van der Waals surface area contributed by atoms with E-state index in [0.717, 1.165) is 11.3 Å².